The largest absolute Gasteiger partial charge is 0.389 e. The summed E-state index contributed by atoms with van der Waals surface area (Å²) in [5.41, 5.74) is 1.39. The Kier molecular flexibility index (Phi) is 4.20. The summed E-state index contributed by atoms with van der Waals surface area (Å²) in [4.78, 5) is 11.7. The Hall–Kier alpha value is -1.46. The molecule has 0 bridgehead atoms. The van der Waals surface area contributed by atoms with Crippen molar-refractivity contribution in [2.24, 2.45) is 0 Å². The van der Waals surface area contributed by atoms with Gasteiger partial charge in [0.15, 0.2) is 5.78 Å². The monoisotopic (exact) mass is 246 g/mol. The molecule has 6 heteroatoms. The molecule has 94 valence electrons. The summed E-state index contributed by atoms with van der Waals surface area (Å²) in [6.45, 7) is 3.29. The number of hydrogen-bond donors (Lipinski definition) is 0. The summed E-state index contributed by atoms with van der Waals surface area (Å²) in [7, 11) is 0. The van der Waals surface area contributed by atoms with Crippen LogP contribution in [0.2, 0.25) is 0 Å². The fourth-order valence-corrected chi connectivity index (χ4v) is 1.42. The third kappa shape index (κ3) is 4.50. The van der Waals surface area contributed by atoms with Crippen molar-refractivity contribution in [1.82, 2.24) is 10.2 Å². The Morgan fingerprint density at radius 1 is 1.29 bits per heavy atom. The fourth-order valence-electron chi connectivity index (χ4n) is 1.42. The number of carbonyl (C=O) groups is 1. The zero-order valence-electron chi connectivity index (χ0n) is 9.64. The summed E-state index contributed by atoms with van der Waals surface area (Å²) in [6, 6.07) is 1.55. The highest BCUT2D eigenvalue weighted by atomic mass is 19.4. The Bertz CT molecular complexity index is 416. The Morgan fingerprint density at radius 2 is 1.94 bits per heavy atom. The van der Waals surface area contributed by atoms with E-state index in [9.17, 15) is 18.0 Å². The van der Waals surface area contributed by atoms with E-state index in [4.69, 9.17) is 0 Å². The number of aryl methyl sites for hydroxylation is 2. The van der Waals surface area contributed by atoms with Gasteiger partial charge in [-0.15, -0.1) is 0 Å². The molecule has 0 aliphatic carbocycles. The van der Waals surface area contributed by atoms with Crippen LogP contribution in [0.1, 0.15) is 41.0 Å². The lowest BCUT2D eigenvalue weighted by Gasteiger charge is -2.06. The molecular weight excluding hydrogens is 233 g/mol. The first-order valence-electron chi connectivity index (χ1n) is 5.20. The van der Waals surface area contributed by atoms with Crippen molar-refractivity contribution in [1.29, 1.82) is 0 Å². The number of hydrogen-bond acceptors (Lipinski definition) is 3. The summed E-state index contributed by atoms with van der Waals surface area (Å²) in [5, 5.41) is 7.52. The molecular formula is C11H13F3N2O. The summed E-state index contributed by atoms with van der Waals surface area (Å²) >= 11 is 0. The minimum Gasteiger partial charge on any atom is -0.294 e. The van der Waals surface area contributed by atoms with Crippen molar-refractivity contribution in [3.8, 4) is 0 Å². The van der Waals surface area contributed by atoms with E-state index in [0.29, 0.717) is 17.0 Å². The van der Waals surface area contributed by atoms with Gasteiger partial charge in [-0.1, -0.05) is 0 Å². The van der Waals surface area contributed by atoms with E-state index in [1.807, 2.05) is 0 Å². The van der Waals surface area contributed by atoms with Gasteiger partial charge in [-0.05, 0) is 26.3 Å². The van der Waals surface area contributed by atoms with E-state index < -0.39 is 12.6 Å². The summed E-state index contributed by atoms with van der Waals surface area (Å²) < 4.78 is 35.8. The van der Waals surface area contributed by atoms with E-state index in [1.165, 1.54) is 0 Å². The van der Waals surface area contributed by atoms with E-state index in [1.54, 1.807) is 19.9 Å². The molecule has 0 saturated carbocycles. The average Bonchev–Trinajstić information content (AvgIpc) is 2.19. The maximum absolute atomic E-state index is 11.9. The second-order valence-electron chi connectivity index (χ2n) is 3.88. The zero-order chi connectivity index (χ0) is 13.1. The molecule has 1 heterocycles. The second kappa shape index (κ2) is 5.25. The molecule has 17 heavy (non-hydrogen) atoms. The van der Waals surface area contributed by atoms with Crippen LogP contribution in [0.5, 0.6) is 0 Å². The van der Waals surface area contributed by atoms with Gasteiger partial charge in [0.2, 0.25) is 0 Å². The maximum Gasteiger partial charge on any atom is 0.389 e. The van der Waals surface area contributed by atoms with Crippen LogP contribution < -0.4 is 0 Å². The first kappa shape index (κ1) is 13.6. The normalized spacial score (nSPS) is 11.6. The minimum absolute atomic E-state index is 0.120. The highest BCUT2D eigenvalue weighted by molar-refractivity contribution is 5.96. The van der Waals surface area contributed by atoms with Gasteiger partial charge in [0.05, 0.1) is 11.4 Å². The summed E-state index contributed by atoms with van der Waals surface area (Å²) in [5.74, 6) is -0.315. The number of Topliss-reactive ketones (excluding diaryl/α,β-unsaturated/α-hetero) is 1. The maximum atomic E-state index is 11.9. The molecule has 0 saturated heterocycles. The predicted octanol–water partition coefficient (Wildman–Crippen LogP) is 3.01. The van der Waals surface area contributed by atoms with Crippen molar-refractivity contribution in [2.45, 2.75) is 39.3 Å². The lowest BCUT2D eigenvalue weighted by molar-refractivity contribution is -0.135. The van der Waals surface area contributed by atoms with Crippen molar-refractivity contribution >= 4 is 5.78 Å². The number of nitrogens with zero attached hydrogens (tertiary/aromatic N) is 2. The molecule has 0 aliphatic heterocycles. The van der Waals surface area contributed by atoms with Crippen LogP contribution in [-0.4, -0.2) is 22.2 Å². The molecule has 0 amide bonds. The SMILES string of the molecule is Cc1cc(C(=O)CCCC(F)(F)F)c(C)nn1. The Morgan fingerprint density at radius 3 is 2.53 bits per heavy atom. The van der Waals surface area contributed by atoms with E-state index in [-0.39, 0.29) is 18.6 Å². The molecule has 1 rings (SSSR count). The third-order valence-corrected chi connectivity index (χ3v) is 2.27. The standard InChI is InChI=1S/C11H13F3N2O/c1-7-6-9(8(2)16-15-7)10(17)4-3-5-11(12,13)14/h6H,3-5H2,1-2H3. The molecule has 1 aromatic heterocycles. The van der Waals surface area contributed by atoms with Gasteiger partial charge in [-0.25, -0.2) is 0 Å². The van der Waals surface area contributed by atoms with Gasteiger partial charge in [0.1, 0.15) is 0 Å². The molecule has 0 aliphatic rings. The van der Waals surface area contributed by atoms with Crippen LogP contribution in [0.4, 0.5) is 13.2 Å². The van der Waals surface area contributed by atoms with Crippen LogP contribution in [-0.2, 0) is 0 Å². The van der Waals surface area contributed by atoms with E-state index in [2.05, 4.69) is 10.2 Å². The average molecular weight is 246 g/mol. The number of ketones is 1. The first-order chi connectivity index (χ1) is 7.79. The third-order valence-electron chi connectivity index (χ3n) is 2.27. The van der Waals surface area contributed by atoms with Gasteiger partial charge >= 0.3 is 6.18 Å². The topological polar surface area (TPSA) is 42.9 Å². The van der Waals surface area contributed by atoms with E-state index in [0.717, 1.165) is 0 Å². The first-order valence-corrected chi connectivity index (χ1v) is 5.20. The predicted molar refractivity (Wildman–Crippen MR) is 55.7 cm³/mol. The number of carbonyl (C=O) groups excluding carboxylic acids is 1. The van der Waals surface area contributed by atoms with Crippen LogP contribution in [0.3, 0.4) is 0 Å². The number of aromatic nitrogens is 2. The van der Waals surface area contributed by atoms with Gasteiger partial charge < -0.3 is 0 Å². The molecule has 0 atom stereocenters. The van der Waals surface area contributed by atoms with Crippen LogP contribution >= 0.6 is 0 Å². The molecule has 1 aromatic rings. The fraction of sp³-hybridized carbons (Fsp3) is 0.545. The lowest BCUT2D eigenvalue weighted by Crippen LogP contribution is -2.10. The lowest BCUT2D eigenvalue weighted by atomic mass is 10.0. The minimum atomic E-state index is -4.21. The number of halogens is 3. The van der Waals surface area contributed by atoms with Gasteiger partial charge in [-0.2, -0.15) is 23.4 Å². The molecule has 3 nitrogen and oxygen atoms in total. The Labute approximate surface area is 97.1 Å². The smallest absolute Gasteiger partial charge is 0.294 e. The van der Waals surface area contributed by atoms with E-state index >= 15 is 0 Å². The highest BCUT2D eigenvalue weighted by Gasteiger charge is 2.26. The quantitative estimate of drug-likeness (QED) is 0.767. The van der Waals surface area contributed by atoms with Crippen LogP contribution in [0, 0.1) is 13.8 Å². The zero-order valence-corrected chi connectivity index (χ0v) is 9.64. The summed E-state index contributed by atoms with van der Waals surface area (Å²) in [6.07, 6.45) is -5.45. The molecule has 0 aromatic carbocycles. The van der Waals surface area contributed by atoms with Gasteiger partial charge in [0, 0.05) is 18.4 Å². The van der Waals surface area contributed by atoms with Crippen LogP contribution in [0.25, 0.3) is 0 Å². The molecule has 0 fully saturated rings. The van der Waals surface area contributed by atoms with Crippen LogP contribution in [0.15, 0.2) is 6.07 Å². The van der Waals surface area contributed by atoms with Gasteiger partial charge in [0.25, 0.3) is 0 Å². The van der Waals surface area contributed by atoms with Crippen molar-refractivity contribution in [3.05, 3.63) is 23.0 Å². The number of rotatable bonds is 4. The highest BCUT2D eigenvalue weighted by Crippen LogP contribution is 2.23. The van der Waals surface area contributed by atoms with Gasteiger partial charge in [-0.3, -0.25) is 4.79 Å². The number of alkyl halides is 3. The molecule has 0 N–H and O–H groups in total. The Balaban J connectivity index is 2.61. The van der Waals surface area contributed by atoms with Crippen molar-refractivity contribution < 1.29 is 18.0 Å². The molecule has 0 spiro atoms. The molecule has 0 unspecified atom stereocenters. The second-order valence-corrected chi connectivity index (χ2v) is 3.88. The van der Waals surface area contributed by atoms with Crippen molar-refractivity contribution in [3.63, 3.8) is 0 Å². The van der Waals surface area contributed by atoms with Crippen molar-refractivity contribution in [2.75, 3.05) is 0 Å². The molecule has 0 radical (unpaired) electrons.